The summed E-state index contributed by atoms with van der Waals surface area (Å²) in [5, 5.41) is 10.0. The number of rotatable bonds is 8. The molecule has 13 nitrogen and oxygen atoms in total. The summed E-state index contributed by atoms with van der Waals surface area (Å²) >= 11 is 6.25. The fraction of sp³-hybridized carbons (Fsp3) is 0.462. The van der Waals surface area contributed by atoms with Crippen LogP contribution in [-0.4, -0.2) is 42.0 Å². The van der Waals surface area contributed by atoms with Gasteiger partial charge in [0.1, 0.15) is 16.6 Å². The molecule has 0 aliphatic heterocycles. The molecule has 14 heteroatoms. The Morgan fingerprint density at radius 3 is 2.30 bits per heavy atom. The molecule has 0 radical (unpaired) electrons. The Morgan fingerprint density at radius 2 is 1.73 bits per heavy atom. The third-order valence-corrected chi connectivity index (χ3v) is 6.55. The lowest BCUT2D eigenvalue weighted by Gasteiger charge is -2.20. The van der Waals surface area contributed by atoms with Crippen LogP contribution < -0.4 is 27.3 Å². The van der Waals surface area contributed by atoms with Crippen molar-refractivity contribution in [1.29, 1.82) is 0 Å². The number of amides is 2. The van der Waals surface area contributed by atoms with Crippen molar-refractivity contribution in [1.82, 2.24) is 29.7 Å². The zero-order valence-electron chi connectivity index (χ0n) is 23.9. The summed E-state index contributed by atoms with van der Waals surface area (Å²) in [5.74, 6) is -0.0845. The quantitative estimate of drug-likeness (QED) is 0.318. The Morgan fingerprint density at radius 1 is 1.05 bits per heavy atom. The number of aryl methyl sites for hydroxylation is 5. The van der Waals surface area contributed by atoms with Gasteiger partial charge in [0.05, 0.1) is 18.7 Å². The van der Waals surface area contributed by atoms with E-state index in [-0.39, 0.29) is 25.1 Å². The highest BCUT2D eigenvalue weighted by Gasteiger charge is 2.19. The lowest BCUT2D eigenvalue weighted by molar-refractivity contribution is -0.120. The Labute approximate surface area is 236 Å². The van der Waals surface area contributed by atoms with E-state index in [0.29, 0.717) is 33.6 Å². The van der Waals surface area contributed by atoms with Gasteiger partial charge in [-0.25, -0.2) is 14.6 Å². The van der Waals surface area contributed by atoms with Crippen molar-refractivity contribution < 1.29 is 14.3 Å². The summed E-state index contributed by atoms with van der Waals surface area (Å²) in [6.45, 7) is 12.5. The summed E-state index contributed by atoms with van der Waals surface area (Å²) in [5.41, 5.74) is 4.75. The van der Waals surface area contributed by atoms with E-state index >= 15 is 0 Å². The molecule has 0 unspecified atom stereocenters. The van der Waals surface area contributed by atoms with Crippen molar-refractivity contribution >= 4 is 29.4 Å². The molecule has 0 aromatic carbocycles. The lowest BCUT2D eigenvalue weighted by atomic mass is 10.1. The van der Waals surface area contributed by atoms with E-state index in [9.17, 15) is 19.2 Å². The van der Waals surface area contributed by atoms with Gasteiger partial charge >= 0.3 is 11.8 Å². The molecule has 2 amide bonds. The maximum Gasteiger partial charge on any atom is 0.413 e. The Bertz CT molecular complexity index is 1540. The van der Waals surface area contributed by atoms with E-state index in [1.807, 2.05) is 6.92 Å². The average Bonchev–Trinajstić information content (AvgIpc) is 3.05. The monoisotopic (exact) mass is 574 g/mol. The smallest absolute Gasteiger partial charge is 0.413 e. The second-order valence-electron chi connectivity index (χ2n) is 10.5. The van der Waals surface area contributed by atoms with Crippen molar-refractivity contribution in [3.63, 3.8) is 0 Å². The second kappa shape index (κ2) is 11.9. The van der Waals surface area contributed by atoms with Crippen LogP contribution in [0.2, 0.25) is 5.15 Å². The number of pyridine rings is 1. The fourth-order valence-corrected chi connectivity index (χ4v) is 4.31. The summed E-state index contributed by atoms with van der Waals surface area (Å²) in [6.07, 6.45) is -0.866. The molecule has 0 saturated heterocycles. The number of nitrogens with zero attached hydrogens (tertiary/aromatic N) is 4. The number of hydrogen-bond donors (Lipinski definition) is 4. The maximum absolute atomic E-state index is 13.1. The Balaban J connectivity index is 1.70. The Kier molecular flexibility index (Phi) is 9.08. The third kappa shape index (κ3) is 7.29. The largest absolute Gasteiger partial charge is 0.444 e. The first-order valence-electron chi connectivity index (χ1n) is 12.6. The molecule has 3 heterocycles. The van der Waals surface area contributed by atoms with Crippen molar-refractivity contribution in [3.05, 3.63) is 71.4 Å². The molecule has 0 spiro atoms. The van der Waals surface area contributed by atoms with Gasteiger partial charge in [0.15, 0.2) is 0 Å². The van der Waals surface area contributed by atoms with Crippen LogP contribution in [0.25, 0.3) is 0 Å². The van der Waals surface area contributed by atoms with Gasteiger partial charge in [-0.1, -0.05) is 11.6 Å². The molecule has 0 atom stereocenters. The summed E-state index contributed by atoms with van der Waals surface area (Å²) in [7, 11) is 1.69. The van der Waals surface area contributed by atoms with Gasteiger partial charge in [0, 0.05) is 36.1 Å². The van der Waals surface area contributed by atoms with Crippen LogP contribution >= 0.6 is 11.6 Å². The van der Waals surface area contributed by atoms with E-state index in [1.165, 1.54) is 4.68 Å². The molecule has 216 valence electrons. The predicted molar refractivity (Wildman–Crippen MR) is 151 cm³/mol. The van der Waals surface area contributed by atoms with E-state index in [1.54, 1.807) is 54.7 Å². The van der Waals surface area contributed by atoms with Crippen LogP contribution in [0.1, 0.15) is 60.1 Å². The predicted octanol–water partition coefficient (Wildman–Crippen LogP) is 2.50. The zero-order valence-corrected chi connectivity index (χ0v) is 24.7. The Hall–Kier alpha value is -4.13. The van der Waals surface area contributed by atoms with Gasteiger partial charge in [0.2, 0.25) is 5.91 Å². The molecule has 0 fully saturated rings. The van der Waals surface area contributed by atoms with E-state index < -0.39 is 28.9 Å². The highest BCUT2D eigenvalue weighted by Crippen LogP contribution is 2.19. The van der Waals surface area contributed by atoms with Gasteiger partial charge in [-0.3, -0.25) is 19.6 Å². The van der Waals surface area contributed by atoms with Crippen molar-refractivity contribution in [2.45, 2.75) is 73.6 Å². The molecule has 0 aliphatic carbocycles. The number of ether oxygens (including phenoxy) is 1. The summed E-state index contributed by atoms with van der Waals surface area (Å²) in [6, 6.07) is 1.69. The van der Waals surface area contributed by atoms with Crippen LogP contribution in [0.4, 0.5) is 10.6 Å². The third-order valence-electron chi connectivity index (χ3n) is 6.08. The number of anilines is 1. The molecule has 3 rings (SSSR count). The minimum absolute atomic E-state index is 0.0839. The van der Waals surface area contributed by atoms with E-state index in [0.717, 1.165) is 15.8 Å². The van der Waals surface area contributed by atoms with Crippen LogP contribution in [-0.2, 0) is 36.1 Å². The van der Waals surface area contributed by atoms with Crippen LogP contribution in [0.15, 0.2) is 15.7 Å². The van der Waals surface area contributed by atoms with Gasteiger partial charge in [-0.05, 0) is 65.7 Å². The highest BCUT2D eigenvalue weighted by atomic mass is 35.5. The van der Waals surface area contributed by atoms with Crippen LogP contribution in [0.3, 0.4) is 0 Å². The average molecular weight is 575 g/mol. The topological polar surface area (TPSA) is 165 Å². The summed E-state index contributed by atoms with van der Waals surface area (Å²) < 4.78 is 7.58. The summed E-state index contributed by atoms with van der Waals surface area (Å²) in [4.78, 5) is 57.5. The van der Waals surface area contributed by atoms with Crippen molar-refractivity contribution in [2.24, 2.45) is 7.05 Å². The molecule has 3 aromatic heterocycles. The molecule has 0 aliphatic rings. The number of hydrogen-bond acceptors (Lipinski definition) is 8. The fourth-order valence-electron chi connectivity index (χ4n) is 4.07. The molecule has 0 saturated carbocycles. The number of carbonyl (C=O) groups excluding carboxylic acids is 2. The van der Waals surface area contributed by atoms with Crippen molar-refractivity contribution in [2.75, 3.05) is 10.7 Å². The number of nitrogens with one attached hydrogen (secondary N) is 4. The first-order valence-corrected chi connectivity index (χ1v) is 13.0. The lowest BCUT2D eigenvalue weighted by Crippen LogP contribution is -2.44. The SMILES string of the molecule is Cc1cc(NC(=O)OC(C)(C)C)nc(C)c1CNC(=O)Cc1c(C)[nH]c(=O)n(NCc2c(C)nn(C)c2Cl)c1=O. The number of aromatic nitrogens is 5. The molecule has 40 heavy (non-hydrogen) atoms. The normalized spacial score (nSPS) is 11.3. The zero-order chi connectivity index (χ0) is 29.9. The van der Waals surface area contributed by atoms with Crippen LogP contribution in [0, 0.1) is 27.7 Å². The first-order chi connectivity index (χ1) is 18.6. The molecule has 4 N–H and O–H groups in total. The minimum atomic E-state index is -0.665. The minimum Gasteiger partial charge on any atom is -0.444 e. The molecular formula is C26H35ClN8O5. The molecule has 0 bridgehead atoms. The molecule has 3 aromatic rings. The number of aromatic amines is 1. The maximum atomic E-state index is 13.1. The van der Waals surface area contributed by atoms with Gasteiger partial charge in [-0.2, -0.15) is 9.77 Å². The van der Waals surface area contributed by atoms with Gasteiger partial charge < -0.3 is 20.5 Å². The van der Waals surface area contributed by atoms with Gasteiger partial charge in [-0.15, -0.1) is 0 Å². The van der Waals surface area contributed by atoms with Crippen LogP contribution in [0.5, 0.6) is 0 Å². The highest BCUT2D eigenvalue weighted by molar-refractivity contribution is 6.30. The first kappa shape index (κ1) is 30.4. The second-order valence-corrected chi connectivity index (χ2v) is 10.8. The number of halogens is 1. The van der Waals surface area contributed by atoms with E-state index in [2.05, 4.69) is 31.1 Å². The van der Waals surface area contributed by atoms with E-state index in [4.69, 9.17) is 16.3 Å². The van der Waals surface area contributed by atoms with Gasteiger partial charge in [0.25, 0.3) is 5.56 Å². The van der Waals surface area contributed by atoms with Crippen molar-refractivity contribution in [3.8, 4) is 0 Å². The molecular weight excluding hydrogens is 540 g/mol. The standard InChI is InChI=1S/C26H35ClN8O5/c1-13-9-20(32-25(39)40-26(5,6)7)30-15(3)18(13)11-28-21(36)10-17-14(2)31-24(38)35(23(17)37)29-12-19-16(4)33-34(8)22(19)27/h9,29H,10-12H2,1-8H3,(H,28,36)(H,31,38)(H,30,32,39). The number of H-pyrrole nitrogens is 1. The number of carbonyl (C=O) groups is 2.